The maximum Gasteiger partial charge on any atom is 0.316 e. The maximum atomic E-state index is 11.9. The predicted octanol–water partition coefficient (Wildman–Crippen LogP) is 5.66. The summed E-state index contributed by atoms with van der Waals surface area (Å²) < 4.78 is 10.9. The first-order chi connectivity index (χ1) is 15.8. The minimum atomic E-state index is -1.06. The highest BCUT2D eigenvalue weighted by atomic mass is 79.9. The van der Waals surface area contributed by atoms with Gasteiger partial charge in [-0.2, -0.15) is 0 Å². The van der Waals surface area contributed by atoms with Gasteiger partial charge in [0.05, 0.1) is 34.9 Å². The first-order valence-corrected chi connectivity index (χ1v) is 11.6. The minimum absolute atomic E-state index is 0.0811. The van der Waals surface area contributed by atoms with Crippen LogP contribution < -0.4 is 0 Å². The fourth-order valence-electron chi connectivity index (χ4n) is 2.83. The number of halogens is 2. The van der Waals surface area contributed by atoms with Crippen LogP contribution >= 0.6 is 31.9 Å². The van der Waals surface area contributed by atoms with Crippen LogP contribution in [0.15, 0.2) is 45.3 Å². The van der Waals surface area contributed by atoms with Crippen molar-refractivity contribution in [3.63, 3.8) is 0 Å². The van der Waals surface area contributed by atoms with Crippen molar-refractivity contribution in [2.75, 3.05) is 13.2 Å². The number of rotatable bonds is 8. The largest absolute Gasteiger partial charge is 0.466 e. The average Bonchev–Trinajstić information content (AvgIpc) is 2.75. The quantitative estimate of drug-likeness (QED) is 0.214. The number of benzene rings is 2. The molecule has 0 saturated carbocycles. The van der Waals surface area contributed by atoms with Crippen LogP contribution in [0.3, 0.4) is 0 Å². The van der Waals surface area contributed by atoms with E-state index in [1.54, 1.807) is 52.0 Å². The van der Waals surface area contributed by atoms with Gasteiger partial charge in [-0.3, -0.25) is 29.8 Å². The molecule has 0 radical (unpaired) electrons. The Morgan fingerprint density at radius 1 is 0.882 bits per heavy atom. The smallest absolute Gasteiger partial charge is 0.316 e. The SMILES string of the molecule is CCOC(=O)C(C)(C)c1ccc(Br)cc1[N+](=O)[O-].CCOC(=O)Cc1ccc(Br)cc1[N+](=O)[O-]. The van der Waals surface area contributed by atoms with E-state index in [9.17, 15) is 29.8 Å². The van der Waals surface area contributed by atoms with Crippen molar-refractivity contribution in [3.8, 4) is 0 Å². The second-order valence-corrected chi connectivity index (χ2v) is 9.11. The molecule has 0 heterocycles. The summed E-state index contributed by atoms with van der Waals surface area (Å²) in [4.78, 5) is 43.9. The van der Waals surface area contributed by atoms with E-state index in [0.29, 0.717) is 20.1 Å². The van der Waals surface area contributed by atoms with Gasteiger partial charge in [-0.15, -0.1) is 0 Å². The van der Waals surface area contributed by atoms with E-state index < -0.39 is 27.2 Å². The van der Waals surface area contributed by atoms with E-state index in [1.807, 2.05) is 0 Å². The molecule has 34 heavy (non-hydrogen) atoms. The molecule has 2 aromatic carbocycles. The van der Waals surface area contributed by atoms with Crippen molar-refractivity contribution in [2.24, 2.45) is 0 Å². The summed E-state index contributed by atoms with van der Waals surface area (Å²) >= 11 is 6.32. The Morgan fingerprint density at radius 2 is 1.38 bits per heavy atom. The summed E-state index contributed by atoms with van der Waals surface area (Å²) in [5.74, 6) is -0.941. The molecule has 184 valence electrons. The van der Waals surface area contributed by atoms with Crippen molar-refractivity contribution >= 4 is 55.2 Å². The van der Waals surface area contributed by atoms with Crippen LogP contribution in [0.1, 0.15) is 38.8 Å². The summed E-state index contributed by atoms with van der Waals surface area (Å²) in [6, 6.07) is 9.19. The Balaban J connectivity index is 0.000000342. The lowest BCUT2D eigenvalue weighted by Gasteiger charge is -2.22. The van der Waals surface area contributed by atoms with Crippen molar-refractivity contribution in [1.29, 1.82) is 0 Å². The van der Waals surface area contributed by atoms with Crippen LogP contribution in [-0.4, -0.2) is 35.0 Å². The highest BCUT2D eigenvalue weighted by Gasteiger charge is 2.37. The van der Waals surface area contributed by atoms with Crippen molar-refractivity contribution in [2.45, 2.75) is 39.5 Å². The molecule has 0 bridgehead atoms. The number of ether oxygens (including phenoxy) is 2. The molecule has 0 amide bonds. The van der Waals surface area contributed by atoms with Crippen LogP contribution in [0, 0.1) is 20.2 Å². The van der Waals surface area contributed by atoms with Gasteiger partial charge in [-0.25, -0.2) is 0 Å². The molecule has 0 aliphatic heterocycles. The number of esters is 2. The Hall–Kier alpha value is -2.86. The molecule has 0 saturated heterocycles. The normalized spacial score (nSPS) is 10.5. The maximum absolute atomic E-state index is 11.9. The molecule has 10 nitrogen and oxygen atoms in total. The van der Waals surface area contributed by atoms with E-state index in [4.69, 9.17) is 9.47 Å². The summed E-state index contributed by atoms with van der Waals surface area (Å²) in [7, 11) is 0. The lowest BCUT2D eigenvalue weighted by Crippen LogP contribution is -2.31. The van der Waals surface area contributed by atoms with E-state index in [0.717, 1.165) is 0 Å². The van der Waals surface area contributed by atoms with Crippen LogP contribution in [0.4, 0.5) is 11.4 Å². The number of nitro groups is 2. The second-order valence-electron chi connectivity index (χ2n) is 7.28. The number of carbonyl (C=O) groups is 2. The number of nitrogens with zero attached hydrogens (tertiary/aromatic N) is 2. The number of hydrogen-bond acceptors (Lipinski definition) is 8. The van der Waals surface area contributed by atoms with Gasteiger partial charge >= 0.3 is 11.9 Å². The molecule has 0 aliphatic carbocycles. The highest BCUT2D eigenvalue weighted by Crippen LogP contribution is 2.34. The second kappa shape index (κ2) is 13.1. The number of hydrogen-bond donors (Lipinski definition) is 0. The number of carbonyl (C=O) groups excluding carboxylic acids is 2. The molecule has 0 fully saturated rings. The van der Waals surface area contributed by atoms with Crippen LogP contribution in [-0.2, 0) is 30.9 Å². The summed E-state index contributed by atoms with van der Waals surface area (Å²) in [6.07, 6.45) is -0.0859. The Bertz CT molecular complexity index is 1070. The van der Waals surface area contributed by atoms with Gasteiger partial charge in [0.15, 0.2) is 0 Å². The lowest BCUT2D eigenvalue weighted by atomic mass is 9.83. The monoisotopic (exact) mass is 602 g/mol. The Kier molecular flexibility index (Phi) is 11.3. The highest BCUT2D eigenvalue weighted by molar-refractivity contribution is 9.10. The van der Waals surface area contributed by atoms with E-state index in [-0.39, 0.29) is 31.0 Å². The zero-order valence-corrected chi connectivity index (χ0v) is 22.2. The van der Waals surface area contributed by atoms with Gasteiger partial charge in [0.1, 0.15) is 0 Å². The van der Waals surface area contributed by atoms with E-state index in [1.165, 1.54) is 12.1 Å². The van der Waals surface area contributed by atoms with E-state index in [2.05, 4.69) is 31.9 Å². The van der Waals surface area contributed by atoms with Gasteiger partial charge in [0, 0.05) is 32.2 Å². The first kappa shape index (κ1) is 29.2. The van der Waals surface area contributed by atoms with Crippen molar-refractivity contribution < 1.29 is 28.9 Å². The zero-order valence-electron chi connectivity index (χ0n) is 19.0. The molecule has 0 atom stereocenters. The molecule has 0 unspecified atom stereocenters. The fourth-order valence-corrected chi connectivity index (χ4v) is 3.53. The third kappa shape index (κ3) is 8.17. The average molecular weight is 604 g/mol. The molecule has 0 aliphatic rings. The molecule has 0 aromatic heterocycles. The van der Waals surface area contributed by atoms with Crippen molar-refractivity contribution in [3.05, 3.63) is 76.7 Å². The topological polar surface area (TPSA) is 139 Å². The third-order valence-electron chi connectivity index (χ3n) is 4.50. The standard InChI is InChI=1S/C12H14BrNO4.C10H10BrNO4/c1-4-18-11(15)12(2,3)9-6-5-8(13)7-10(9)14(16)17;1-2-16-10(13)5-7-3-4-8(11)6-9(7)12(14)15/h5-7H,4H2,1-3H3;3-4,6H,2,5H2,1H3. The minimum Gasteiger partial charge on any atom is -0.466 e. The van der Waals surface area contributed by atoms with Crippen molar-refractivity contribution in [1.82, 2.24) is 0 Å². The van der Waals surface area contributed by atoms with E-state index >= 15 is 0 Å². The first-order valence-electron chi connectivity index (χ1n) is 10.0. The molecular formula is C22H24Br2N2O8. The summed E-state index contributed by atoms with van der Waals surface area (Å²) in [5, 5.41) is 21.8. The van der Waals surface area contributed by atoms with Gasteiger partial charge < -0.3 is 9.47 Å². The van der Waals surface area contributed by atoms with Gasteiger partial charge in [-0.1, -0.05) is 37.9 Å². The van der Waals surface area contributed by atoms with Gasteiger partial charge in [0.25, 0.3) is 11.4 Å². The molecule has 2 aromatic rings. The summed E-state index contributed by atoms with van der Waals surface area (Å²) in [5.41, 5.74) is -0.537. The van der Waals surface area contributed by atoms with Gasteiger partial charge in [-0.05, 0) is 45.9 Å². The van der Waals surface area contributed by atoms with Gasteiger partial charge in [0.2, 0.25) is 0 Å². The molecule has 0 spiro atoms. The number of nitro benzene ring substituents is 2. The van der Waals surface area contributed by atoms with Crippen LogP contribution in [0.25, 0.3) is 0 Å². The third-order valence-corrected chi connectivity index (χ3v) is 5.49. The molecule has 0 N–H and O–H groups in total. The predicted molar refractivity (Wildman–Crippen MR) is 132 cm³/mol. The van der Waals surface area contributed by atoms with Crippen LogP contribution in [0.2, 0.25) is 0 Å². The zero-order chi connectivity index (χ0) is 26.1. The Labute approximate surface area is 213 Å². The fraction of sp³-hybridized carbons (Fsp3) is 0.364. The lowest BCUT2D eigenvalue weighted by molar-refractivity contribution is -0.386. The summed E-state index contributed by atoms with van der Waals surface area (Å²) in [6.45, 7) is 7.12. The van der Waals surface area contributed by atoms with Crippen LogP contribution in [0.5, 0.6) is 0 Å². The molecule has 12 heteroatoms. The molecular weight excluding hydrogens is 580 g/mol. The molecule has 2 rings (SSSR count). The Morgan fingerprint density at radius 3 is 1.88 bits per heavy atom.